The summed E-state index contributed by atoms with van der Waals surface area (Å²) < 4.78 is 30.7. The van der Waals surface area contributed by atoms with Crippen molar-refractivity contribution >= 4 is 48.8 Å². The Morgan fingerprint density at radius 3 is 2.39 bits per heavy atom. The van der Waals surface area contributed by atoms with Gasteiger partial charge in [0.25, 0.3) is 0 Å². The van der Waals surface area contributed by atoms with Gasteiger partial charge in [0, 0.05) is 11.4 Å². The number of carbonyl (C=O) groups excluding carboxylic acids is 1. The standard InChI is InChI=1S/C19H21N3O4S2/c1-4-26-15-8-5-13(6-9-15)20-18(23)21-14-7-10-16-17(11-14)27-19(22-16)28(24,25)12(2)3/h5-12H,4H2,1-3H3,(H2,20,21,23). The van der Waals surface area contributed by atoms with Crippen LogP contribution in [0.1, 0.15) is 20.8 Å². The van der Waals surface area contributed by atoms with E-state index in [-0.39, 0.29) is 4.34 Å². The third-order valence-electron chi connectivity index (χ3n) is 3.91. The van der Waals surface area contributed by atoms with E-state index >= 15 is 0 Å². The molecule has 2 aromatic carbocycles. The van der Waals surface area contributed by atoms with Gasteiger partial charge in [0.2, 0.25) is 14.2 Å². The maximum atomic E-state index is 12.3. The van der Waals surface area contributed by atoms with Gasteiger partial charge in [-0.05, 0) is 63.2 Å². The van der Waals surface area contributed by atoms with Crippen LogP contribution in [0.2, 0.25) is 0 Å². The van der Waals surface area contributed by atoms with Crippen molar-refractivity contribution in [3.63, 3.8) is 0 Å². The molecular formula is C19H21N3O4S2. The largest absolute Gasteiger partial charge is 0.494 e. The second-order valence-corrected chi connectivity index (χ2v) is 10.0. The molecule has 1 heterocycles. The maximum absolute atomic E-state index is 12.3. The lowest BCUT2D eigenvalue weighted by molar-refractivity contribution is 0.262. The number of anilines is 2. The molecule has 3 rings (SSSR count). The molecule has 0 saturated heterocycles. The molecule has 0 unspecified atom stereocenters. The van der Waals surface area contributed by atoms with Crippen LogP contribution in [-0.4, -0.2) is 31.3 Å². The van der Waals surface area contributed by atoms with E-state index in [2.05, 4.69) is 15.6 Å². The molecule has 148 valence electrons. The van der Waals surface area contributed by atoms with Gasteiger partial charge in [-0.15, -0.1) is 11.3 Å². The molecule has 3 aromatic rings. The molecule has 7 nitrogen and oxygen atoms in total. The summed E-state index contributed by atoms with van der Waals surface area (Å²) >= 11 is 1.10. The predicted molar refractivity (Wildman–Crippen MR) is 112 cm³/mol. The molecule has 0 aliphatic carbocycles. The van der Waals surface area contributed by atoms with Crippen molar-refractivity contribution in [2.75, 3.05) is 17.2 Å². The first-order valence-corrected chi connectivity index (χ1v) is 11.1. The van der Waals surface area contributed by atoms with Gasteiger partial charge < -0.3 is 15.4 Å². The van der Waals surface area contributed by atoms with Crippen molar-refractivity contribution in [2.24, 2.45) is 0 Å². The first-order valence-electron chi connectivity index (χ1n) is 8.75. The first-order chi connectivity index (χ1) is 13.3. The van der Waals surface area contributed by atoms with Crippen LogP contribution in [0.5, 0.6) is 5.75 Å². The summed E-state index contributed by atoms with van der Waals surface area (Å²) in [5, 5.41) is 4.94. The summed E-state index contributed by atoms with van der Waals surface area (Å²) in [5.74, 6) is 0.733. The molecule has 2 amide bonds. The second-order valence-electron chi connectivity index (χ2n) is 6.29. The highest BCUT2D eigenvalue weighted by molar-refractivity contribution is 7.94. The van der Waals surface area contributed by atoms with E-state index in [1.807, 2.05) is 6.92 Å². The number of fused-ring (bicyclic) bond motifs is 1. The van der Waals surface area contributed by atoms with Crippen LogP contribution in [0.3, 0.4) is 0 Å². The highest BCUT2D eigenvalue weighted by Gasteiger charge is 2.23. The summed E-state index contributed by atoms with van der Waals surface area (Å²) in [6.07, 6.45) is 0. The zero-order valence-corrected chi connectivity index (χ0v) is 17.4. The van der Waals surface area contributed by atoms with Crippen LogP contribution in [-0.2, 0) is 9.84 Å². The third kappa shape index (κ3) is 4.42. The Balaban J connectivity index is 1.72. The van der Waals surface area contributed by atoms with E-state index in [0.29, 0.717) is 28.2 Å². The van der Waals surface area contributed by atoms with Crippen molar-refractivity contribution < 1.29 is 17.9 Å². The van der Waals surface area contributed by atoms with Crippen molar-refractivity contribution in [3.8, 4) is 5.75 Å². The van der Waals surface area contributed by atoms with Crippen LogP contribution in [0.15, 0.2) is 46.8 Å². The molecule has 0 aliphatic heterocycles. The minimum absolute atomic E-state index is 0.0912. The van der Waals surface area contributed by atoms with Crippen LogP contribution in [0.25, 0.3) is 10.2 Å². The summed E-state index contributed by atoms with van der Waals surface area (Å²) in [6.45, 7) is 5.73. The van der Waals surface area contributed by atoms with E-state index in [9.17, 15) is 13.2 Å². The minimum atomic E-state index is -3.43. The van der Waals surface area contributed by atoms with E-state index in [0.717, 1.165) is 17.1 Å². The van der Waals surface area contributed by atoms with Gasteiger partial charge in [0.15, 0.2) is 0 Å². The monoisotopic (exact) mass is 419 g/mol. The van der Waals surface area contributed by atoms with Crippen molar-refractivity contribution in [2.45, 2.75) is 30.4 Å². The number of amides is 2. The van der Waals surface area contributed by atoms with Gasteiger partial charge in [0.1, 0.15) is 5.75 Å². The van der Waals surface area contributed by atoms with Gasteiger partial charge in [0.05, 0.1) is 22.1 Å². The molecule has 0 fully saturated rings. The maximum Gasteiger partial charge on any atom is 0.323 e. The fourth-order valence-electron chi connectivity index (χ4n) is 2.40. The van der Waals surface area contributed by atoms with Gasteiger partial charge >= 0.3 is 6.03 Å². The lowest BCUT2D eigenvalue weighted by Gasteiger charge is -2.08. The number of hydrogen-bond donors (Lipinski definition) is 2. The van der Waals surface area contributed by atoms with Crippen molar-refractivity contribution in [3.05, 3.63) is 42.5 Å². The SMILES string of the molecule is CCOc1ccc(NC(=O)Nc2ccc3nc(S(=O)(=O)C(C)C)sc3c2)cc1. The molecule has 1 aromatic heterocycles. The average molecular weight is 420 g/mol. The minimum Gasteiger partial charge on any atom is -0.494 e. The van der Waals surface area contributed by atoms with E-state index in [1.165, 1.54) is 0 Å². The Hall–Kier alpha value is -2.65. The fourth-order valence-corrected chi connectivity index (χ4v) is 5.08. The number of nitrogens with one attached hydrogen (secondary N) is 2. The highest BCUT2D eigenvalue weighted by atomic mass is 32.2. The summed E-state index contributed by atoms with van der Waals surface area (Å²) in [6, 6.07) is 11.7. The van der Waals surface area contributed by atoms with Crippen molar-refractivity contribution in [1.29, 1.82) is 0 Å². The number of benzene rings is 2. The van der Waals surface area contributed by atoms with Crippen LogP contribution < -0.4 is 15.4 Å². The molecule has 0 spiro atoms. The molecule has 0 saturated carbocycles. The topological polar surface area (TPSA) is 97.4 Å². The van der Waals surface area contributed by atoms with Gasteiger partial charge in [-0.1, -0.05) is 0 Å². The Morgan fingerprint density at radius 1 is 1.11 bits per heavy atom. The van der Waals surface area contributed by atoms with E-state index < -0.39 is 21.1 Å². The molecule has 0 atom stereocenters. The quantitative estimate of drug-likeness (QED) is 0.612. The number of urea groups is 1. The molecule has 0 aliphatic rings. The van der Waals surface area contributed by atoms with Gasteiger partial charge in [-0.2, -0.15) is 0 Å². The van der Waals surface area contributed by atoms with Crippen LogP contribution in [0.4, 0.5) is 16.2 Å². The normalized spacial score (nSPS) is 11.6. The Bertz CT molecular complexity index is 1090. The Morgan fingerprint density at radius 2 is 1.75 bits per heavy atom. The molecular weight excluding hydrogens is 398 g/mol. The van der Waals surface area contributed by atoms with E-state index in [4.69, 9.17) is 4.74 Å². The predicted octanol–water partition coefficient (Wildman–Crippen LogP) is 4.52. The van der Waals surface area contributed by atoms with Crippen molar-refractivity contribution in [1.82, 2.24) is 4.98 Å². The first kappa shape index (κ1) is 20.1. The molecule has 2 N–H and O–H groups in total. The third-order valence-corrected chi connectivity index (χ3v) is 7.49. The van der Waals surface area contributed by atoms with Crippen LogP contribution >= 0.6 is 11.3 Å². The molecule has 0 bridgehead atoms. The number of carbonyl (C=O) groups is 1. The van der Waals surface area contributed by atoms with E-state index in [1.54, 1.807) is 56.3 Å². The summed E-state index contributed by atoms with van der Waals surface area (Å²) in [7, 11) is -3.43. The van der Waals surface area contributed by atoms with Gasteiger partial charge in [-0.3, -0.25) is 0 Å². The lowest BCUT2D eigenvalue weighted by atomic mass is 10.3. The molecule has 9 heteroatoms. The van der Waals surface area contributed by atoms with Crippen LogP contribution in [0, 0.1) is 0 Å². The average Bonchev–Trinajstić information content (AvgIpc) is 3.07. The smallest absolute Gasteiger partial charge is 0.323 e. The second kappa shape index (κ2) is 8.15. The number of nitrogens with zero attached hydrogens (tertiary/aromatic N) is 1. The Kier molecular flexibility index (Phi) is 5.85. The Labute approximate surface area is 167 Å². The number of aromatic nitrogens is 1. The van der Waals surface area contributed by atoms with Gasteiger partial charge in [-0.25, -0.2) is 18.2 Å². The number of hydrogen-bond acceptors (Lipinski definition) is 6. The molecule has 28 heavy (non-hydrogen) atoms. The zero-order chi connectivity index (χ0) is 20.3. The molecule has 0 radical (unpaired) electrons. The number of rotatable bonds is 6. The summed E-state index contributed by atoms with van der Waals surface area (Å²) in [5.41, 5.74) is 1.76. The number of thiazole rings is 1. The zero-order valence-electron chi connectivity index (χ0n) is 15.7. The number of ether oxygens (including phenoxy) is 1. The fraction of sp³-hybridized carbons (Fsp3) is 0.263. The number of sulfone groups is 1. The highest BCUT2D eigenvalue weighted by Crippen LogP contribution is 2.30. The lowest BCUT2D eigenvalue weighted by Crippen LogP contribution is -2.19. The summed E-state index contributed by atoms with van der Waals surface area (Å²) in [4.78, 5) is 16.4.